The van der Waals surface area contributed by atoms with Crippen LogP contribution in [0.5, 0.6) is 5.75 Å². The molecule has 0 bridgehead atoms. The Kier molecular flexibility index (Phi) is 2.79. The quantitative estimate of drug-likeness (QED) is 0.896. The molecule has 0 spiro atoms. The molecule has 0 radical (unpaired) electrons. The molecular formula is C16H18N2O. The van der Waals surface area contributed by atoms with E-state index in [-0.39, 0.29) is 0 Å². The number of nitrogens with zero attached hydrogens (tertiary/aromatic N) is 1. The summed E-state index contributed by atoms with van der Waals surface area (Å²) in [4.78, 5) is 4.28. The molecular weight excluding hydrogens is 236 g/mol. The van der Waals surface area contributed by atoms with Gasteiger partial charge in [0.15, 0.2) is 0 Å². The molecule has 1 unspecified atom stereocenters. The van der Waals surface area contributed by atoms with Gasteiger partial charge in [0, 0.05) is 12.4 Å². The number of nitrogens with two attached hydrogens (primary N) is 1. The third-order valence-electron chi connectivity index (χ3n) is 3.98. The van der Waals surface area contributed by atoms with E-state index in [2.05, 4.69) is 23.2 Å². The molecule has 1 aromatic heterocycles. The van der Waals surface area contributed by atoms with E-state index in [1.165, 1.54) is 11.1 Å². The Morgan fingerprint density at radius 3 is 2.84 bits per heavy atom. The zero-order chi connectivity index (χ0) is 13.5. The highest BCUT2D eigenvalue weighted by Gasteiger charge is 2.37. The van der Waals surface area contributed by atoms with Gasteiger partial charge in [0.25, 0.3) is 0 Å². The molecule has 2 aromatic rings. The molecule has 0 fully saturated rings. The van der Waals surface area contributed by atoms with Crippen LogP contribution in [0.3, 0.4) is 0 Å². The van der Waals surface area contributed by atoms with Crippen LogP contribution in [0.4, 0.5) is 0 Å². The maximum atomic E-state index is 6.69. The van der Waals surface area contributed by atoms with Gasteiger partial charge in [-0.1, -0.05) is 12.1 Å². The Morgan fingerprint density at radius 2 is 2.11 bits per heavy atom. The molecule has 3 nitrogen and oxygen atoms in total. The summed E-state index contributed by atoms with van der Waals surface area (Å²) in [7, 11) is 1.68. The highest BCUT2D eigenvalue weighted by molar-refractivity contribution is 5.49. The lowest BCUT2D eigenvalue weighted by atomic mass is 9.85. The largest absolute Gasteiger partial charge is 0.497 e. The van der Waals surface area contributed by atoms with Crippen molar-refractivity contribution in [3.63, 3.8) is 0 Å². The number of rotatable bonds is 2. The first-order valence-corrected chi connectivity index (χ1v) is 6.52. The van der Waals surface area contributed by atoms with Crippen molar-refractivity contribution in [3.8, 4) is 5.75 Å². The van der Waals surface area contributed by atoms with Crippen molar-refractivity contribution >= 4 is 0 Å². The standard InChI is InChI=1S/C16H18N2O/c1-11-7-13(10-18-9-11)16(17)6-5-12-3-4-14(19-2)8-15(12)16/h3-4,7-10H,5-6,17H2,1-2H3. The summed E-state index contributed by atoms with van der Waals surface area (Å²) in [6.07, 6.45) is 5.65. The fraction of sp³-hybridized carbons (Fsp3) is 0.312. The number of benzene rings is 1. The second-order valence-electron chi connectivity index (χ2n) is 5.25. The van der Waals surface area contributed by atoms with E-state index in [1.54, 1.807) is 7.11 Å². The third kappa shape index (κ3) is 1.90. The molecule has 3 rings (SSSR count). The van der Waals surface area contributed by atoms with Gasteiger partial charge in [-0.3, -0.25) is 4.98 Å². The number of pyridine rings is 1. The molecule has 1 aliphatic carbocycles. The molecule has 0 amide bonds. The first kappa shape index (κ1) is 12.2. The predicted octanol–water partition coefficient (Wildman–Crippen LogP) is 2.55. The normalized spacial score (nSPS) is 21.2. The van der Waals surface area contributed by atoms with Crippen molar-refractivity contribution in [1.29, 1.82) is 0 Å². The molecule has 0 saturated heterocycles. The number of aromatic nitrogens is 1. The number of ether oxygens (including phenoxy) is 1. The SMILES string of the molecule is COc1ccc2c(c1)C(N)(c1cncc(C)c1)CC2. The minimum absolute atomic E-state index is 0.442. The Bertz CT molecular complexity index is 624. The van der Waals surface area contributed by atoms with Gasteiger partial charge in [-0.2, -0.15) is 0 Å². The summed E-state index contributed by atoms with van der Waals surface area (Å²) in [6, 6.07) is 8.30. The van der Waals surface area contributed by atoms with Gasteiger partial charge in [0.2, 0.25) is 0 Å². The van der Waals surface area contributed by atoms with Crippen molar-refractivity contribution < 1.29 is 4.74 Å². The number of methoxy groups -OCH3 is 1. The molecule has 2 N–H and O–H groups in total. The zero-order valence-electron chi connectivity index (χ0n) is 11.3. The fourth-order valence-electron chi connectivity index (χ4n) is 2.88. The fourth-order valence-corrected chi connectivity index (χ4v) is 2.88. The van der Waals surface area contributed by atoms with Crippen LogP contribution in [0.2, 0.25) is 0 Å². The molecule has 1 aliphatic rings. The van der Waals surface area contributed by atoms with Gasteiger partial charge in [0.05, 0.1) is 12.6 Å². The van der Waals surface area contributed by atoms with Crippen LogP contribution in [0.25, 0.3) is 0 Å². The average Bonchev–Trinajstić information content (AvgIpc) is 2.77. The van der Waals surface area contributed by atoms with E-state index in [0.29, 0.717) is 0 Å². The topological polar surface area (TPSA) is 48.1 Å². The van der Waals surface area contributed by atoms with E-state index in [1.807, 2.05) is 25.4 Å². The van der Waals surface area contributed by atoms with Crippen LogP contribution in [0, 0.1) is 6.92 Å². The molecule has 1 aromatic carbocycles. The Morgan fingerprint density at radius 1 is 1.26 bits per heavy atom. The van der Waals surface area contributed by atoms with Crippen LogP contribution >= 0.6 is 0 Å². The van der Waals surface area contributed by atoms with E-state index in [4.69, 9.17) is 10.5 Å². The van der Waals surface area contributed by atoms with Gasteiger partial charge in [-0.05, 0) is 54.2 Å². The van der Waals surface area contributed by atoms with Crippen molar-refractivity contribution in [1.82, 2.24) is 4.98 Å². The van der Waals surface area contributed by atoms with Crippen molar-refractivity contribution in [2.75, 3.05) is 7.11 Å². The molecule has 3 heteroatoms. The van der Waals surface area contributed by atoms with Crippen molar-refractivity contribution in [2.24, 2.45) is 5.73 Å². The Labute approximate surface area is 113 Å². The number of hydrogen-bond donors (Lipinski definition) is 1. The molecule has 0 aliphatic heterocycles. The van der Waals surface area contributed by atoms with Gasteiger partial charge >= 0.3 is 0 Å². The highest BCUT2D eigenvalue weighted by Crippen LogP contribution is 2.41. The van der Waals surface area contributed by atoms with E-state index in [9.17, 15) is 0 Å². The third-order valence-corrected chi connectivity index (χ3v) is 3.98. The summed E-state index contributed by atoms with van der Waals surface area (Å²) in [5.74, 6) is 0.857. The Hall–Kier alpha value is -1.87. The Balaban J connectivity index is 2.13. The molecule has 1 heterocycles. The van der Waals surface area contributed by atoms with Crippen molar-refractivity contribution in [2.45, 2.75) is 25.3 Å². The van der Waals surface area contributed by atoms with Gasteiger partial charge in [-0.25, -0.2) is 0 Å². The maximum Gasteiger partial charge on any atom is 0.119 e. The highest BCUT2D eigenvalue weighted by atomic mass is 16.5. The molecule has 98 valence electrons. The van der Waals surface area contributed by atoms with E-state index in [0.717, 1.165) is 29.7 Å². The predicted molar refractivity (Wildman–Crippen MR) is 75.3 cm³/mol. The number of hydrogen-bond acceptors (Lipinski definition) is 3. The number of fused-ring (bicyclic) bond motifs is 1. The van der Waals surface area contributed by atoms with Crippen LogP contribution < -0.4 is 10.5 Å². The summed E-state index contributed by atoms with van der Waals surface area (Å²) in [5.41, 5.74) is 10.9. The lowest BCUT2D eigenvalue weighted by Gasteiger charge is -2.26. The van der Waals surface area contributed by atoms with Gasteiger partial charge < -0.3 is 10.5 Å². The zero-order valence-corrected chi connectivity index (χ0v) is 11.3. The van der Waals surface area contributed by atoms with Gasteiger partial charge in [0.1, 0.15) is 5.75 Å². The van der Waals surface area contributed by atoms with Crippen LogP contribution in [-0.4, -0.2) is 12.1 Å². The minimum Gasteiger partial charge on any atom is -0.497 e. The van der Waals surface area contributed by atoms with Crippen molar-refractivity contribution in [3.05, 3.63) is 58.9 Å². The van der Waals surface area contributed by atoms with E-state index >= 15 is 0 Å². The first-order chi connectivity index (χ1) is 9.13. The summed E-state index contributed by atoms with van der Waals surface area (Å²) in [5, 5.41) is 0. The first-order valence-electron chi connectivity index (χ1n) is 6.52. The monoisotopic (exact) mass is 254 g/mol. The summed E-state index contributed by atoms with van der Waals surface area (Å²) >= 11 is 0. The maximum absolute atomic E-state index is 6.69. The van der Waals surface area contributed by atoms with Crippen LogP contribution in [0.1, 0.15) is 28.7 Å². The van der Waals surface area contributed by atoms with E-state index < -0.39 is 5.54 Å². The van der Waals surface area contributed by atoms with Crippen LogP contribution in [0.15, 0.2) is 36.7 Å². The van der Waals surface area contributed by atoms with Gasteiger partial charge in [-0.15, -0.1) is 0 Å². The molecule has 0 saturated carbocycles. The summed E-state index contributed by atoms with van der Waals surface area (Å²) < 4.78 is 5.32. The molecule has 19 heavy (non-hydrogen) atoms. The summed E-state index contributed by atoms with van der Waals surface area (Å²) in [6.45, 7) is 2.04. The second kappa shape index (κ2) is 4.35. The lowest BCUT2D eigenvalue weighted by Crippen LogP contribution is -2.35. The minimum atomic E-state index is -0.442. The van der Waals surface area contributed by atoms with Crippen LogP contribution in [-0.2, 0) is 12.0 Å². The average molecular weight is 254 g/mol. The smallest absolute Gasteiger partial charge is 0.119 e. The number of aryl methyl sites for hydroxylation is 2. The lowest BCUT2D eigenvalue weighted by molar-refractivity contribution is 0.413. The molecule has 1 atom stereocenters. The second-order valence-corrected chi connectivity index (χ2v) is 5.25.